The molecule has 208 valence electrons. The number of aryl methyl sites for hydroxylation is 1. The Morgan fingerprint density at radius 2 is 1.82 bits per heavy atom. The van der Waals surface area contributed by atoms with Crippen LogP contribution in [0.4, 0.5) is 11.4 Å². The average Bonchev–Trinajstić information content (AvgIpc) is 2.95. The Morgan fingerprint density at radius 3 is 2.52 bits per heavy atom. The van der Waals surface area contributed by atoms with Crippen LogP contribution in [-0.4, -0.2) is 49.2 Å². The number of nitrogens with zero attached hydrogens (tertiary/aromatic N) is 2. The number of nitrogens with one attached hydrogen (secondary N) is 1. The quantitative estimate of drug-likeness (QED) is 0.278. The number of carboxylic acids is 1. The van der Waals surface area contributed by atoms with Crippen molar-refractivity contribution in [3.05, 3.63) is 93.1 Å². The Hall–Kier alpha value is -4.10. The molecule has 0 unspecified atom stereocenters. The van der Waals surface area contributed by atoms with Gasteiger partial charge in [-0.05, 0) is 95.7 Å². The van der Waals surface area contributed by atoms with Crippen LogP contribution >= 0.6 is 0 Å². The van der Waals surface area contributed by atoms with E-state index in [4.69, 9.17) is 4.42 Å². The molecule has 2 heterocycles. The number of carbonyl (C=O) groups is 1. The first kappa shape index (κ1) is 27.5. The fraction of sp³-hybridized carbons (Fsp3) is 0.333. The second kappa shape index (κ2) is 11.2. The molecule has 2 atom stereocenters. The van der Waals surface area contributed by atoms with Crippen molar-refractivity contribution in [2.24, 2.45) is 0 Å². The van der Waals surface area contributed by atoms with E-state index in [1.165, 1.54) is 12.1 Å². The third-order valence-corrected chi connectivity index (χ3v) is 8.01. The molecule has 0 amide bonds. The van der Waals surface area contributed by atoms with Gasteiger partial charge in [0.15, 0.2) is 5.43 Å². The lowest BCUT2D eigenvalue weighted by molar-refractivity contribution is 0.0698. The minimum atomic E-state index is -1.00. The van der Waals surface area contributed by atoms with Crippen LogP contribution in [0.25, 0.3) is 22.3 Å². The molecule has 1 aliphatic rings. The minimum Gasteiger partial charge on any atom is -0.478 e. The van der Waals surface area contributed by atoms with Crippen molar-refractivity contribution in [2.75, 3.05) is 37.4 Å². The lowest BCUT2D eigenvalue weighted by atomic mass is 9.98. The van der Waals surface area contributed by atoms with Crippen molar-refractivity contribution >= 4 is 28.3 Å². The molecular weight excluding hydrogens is 502 g/mol. The first-order valence-corrected chi connectivity index (χ1v) is 13.8. The molecule has 1 aromatic heterocycles. The first-order valence-electron chi connectivity index (χ1n) is 13.8. The molecule has 4 aromatic rings. The lowest BCUT2D eigenvalue weighted by Crippen LogP contribution is -2.45. The molecule has 2 N–H and O–H groups in total. The number of anilines is 2. The SMILES string of the molecule is Cc1cc([C@@H](C)Nc2ccccc2C(=O)O)c2oc(-c3ccc(N4CCC[C@H](N(C)C)C4)cc3)c(C)c(=O)c2c1. The zero-order valence-electron chi connectivity index (χ0n) is 23.8. The van der Waals surface area contributed by atoms with E-state index in [2.05, 4.69) is 41.3 Å². The fourth-order valence-electron chi connectivity index (χ4n) is 5.71. The summed E-state index contributed by atoms with van der Waals surface area (Å²) in [6.45, 7) is 7.74. The number of hydrogen-bond acceptors (Lipinski definition) is 6. The molecule has 0 saturated carbocycles. The second-order valence-corrected chi connectivity index (χ2v) is 11.1. The molecule has 0 aliphatic carbocycles. The minimum absolute atomic E-state index is 0.0618. The summed E-state index contributed by atoms with van der Waals surface area (Å²) in [5.74, 6) is -0.448. The topological polar surface area (TPSA) is 86.0 Å². The Kier molecular flexibility index (Phi) is 7.68. The lowest BCUT2D eigenvalue weighted by Gasteiger charge is -2.37. The standard InChI is InChI=1S/C33H37N3O4/c1-20-17-27(22(3)34-29-11-7-6-10-26(29)33(38)39)32-28(18-20)30(37)21(2)31(40-32)23-12-14-24(15-13-23)36-16-8-9-25(19-36)35(4)5/h6-7,10-15,17-18,22,25,34H,8-9,16,19H2,1-5H3,(H,38,39)/t22-,25+/m1/s1. The highest BCUT2D eigenvalue weighted by atomic mass is 16.4. The maximum atomic E-state index is 13.6. The number of hydrogen-bond donors (Lipinski definition) is 2. The predicted molar refractivity (Wildman–Crippen MR) is 162 cm³/mol. The van der Waals surface area contributed by atoms with E-state index in [1.807, 2.05) is 45.0 Å². The van der Waals surface area contributed by atoms with Crippen LogP contribution in [0.1, 0.15) is 52.9 Å². The predicted octanol–water partition coefficient (Wildman–Crippen LogP) is 6.48. The summed E-state index contributed by atoms with van der Waals surface area (Å²) in [6, 6.07) is 19.2. The summed E-state index contributed by atoms with van der Waals surface area (Å²) in [6.07, 6.45) is 2.37. The molecule has 7 nitrogen and oxygen atoms in total. The van der Waals surface area contributed by atoms with Crippen LogP contribution in [0.3, 0.4) is 0 Å². The van der Waals surface area contributed by atoms with E-state index in [0.29, 0.717) is 34.0 Å². The van der Waals surface area contributed by atoms with Crippen LogP contribution < -0.4 is 15.6 Å². The summed E-state index contributed by atoms with van der Waals surface area (Å²) in [7, 11) is 4.28. The van der Waals surface area contributed by atoms with Gasteiger partial charge in [0.25, 0.3) is 0 Å². The summed E-state index contributed by atoms with van der Waals surface area (Å²) >= 11 is 0. The number of fused-ring (bicyclic) bond motifs is 1. The molecule has 40 heavy (non-hydrogen) atoms. The Bertz CT molecular complexity index is 1610. The molecule has 3 aromatic carbocycles. The molecule has 7 heteroatoms. The Morgan fingerprint density at radius 1 is 1.10 bits per heavy atom. The largest absolute Gasteiger partial charge is 0.478 e. The van der Waals surface area contributed by atoms with E-state index in [-0.39, 0.29) is 17.0 Å². The van der Waals surface area contributed by atoms with Gasteiger partial charge in [-0.3, -0.25) is 4.79 Å². The van der Waals surface area contributed by atoms with Gasteiger partial charge in [0, 0.05) is 47.2 Å². The maximum absolute atomic E-state index is 13.6. The second-order valence-electron chi connectivity index (χ2n) is 11.1. The van der Waals surface area contributed by atoms with E-state index in [0.717, 1.165) is 36.2 Å². The highest BCUT2D eigenvalue weighted by Crippen LogP contribution is 2.33. The van der Waals surface area contributed by atoms with E-state index < -0.39 is 5.97 Å². The van der Waals surface area contributed by atoms with Crippen LogP contribution in [0, 0.1) is 13.8 Å². The summed E-state index contributed by atoms with van der Waals surface area (Å²) in [4.78, 5) is 30.1. The first-order chi connectivity index (χ1) is 19.1. The van der Waals surface area contributed by atoms with Gasteiger partial charge in [-0.2, -0.15) is 0 Å². The van der Waals surface area contributed by atoms with Crippen molar-refractivity contribution in [1.82, 2.24) is 4.90 Å². The number of para-hydroxylation sites is 1. The van der Waals surface area contributed by atoms with Gasteiger partial charge in [0.1, 0.15) is 11.3 Å². The van der Waals surface area contributed by atoms with Crippen molar-refractivity contribution in [2.45, 2.75) is 45.7 Å². The Balaban J connectivity index is 1.53. The molecule has 0 radical (unpaired) electrons. The summed E-state index contributed by atoms with van der Waals surface area (Å²) in [5, 5.41) is 13.5. The van der Waals surface area contributed by atoms with E-state index in [9.17, 15) is 14.7 Å². The van der Waals surface area contributed by atoms with Crippen LogP contribution in [0.5, 0.6) is 0 Å². The number of benzene rings is 3. The average molecular weight is 540 g/mol. The molecule has 1 fully saturated rings. The number of likely N-dealkylation sites (N-methyl/N-ethyl adjacent to an activating group) is 1. The van der Waals surface area contributed by atoms with Gasteiger partial charge in [-0.25, -0.2) is 4.79 Å². The third-order valence-electron chi connectivity index (χ3n) is 8.01. The van der Waals surface area contributed by atoms with Crippen LogP contribution in [0.15, 0.2) is 69.9 Å². The van der Waals surface area contributed by atoms with Gasteiger partial charge in [0.2, 0.25) is 0 Å². The zero-order chi connectivity index (χ0) is 28.6. The molecule has 0 spiro atoms. The van der Waals surface area contributed by atoms with E-state index >= 15 is 0 Å². The molecule has 0 bridgehead atoms. The van der Waals surface area contributed by atoms with Gasteiger partial charge in [0.05, 0.1) is 17.0 Å². The van der Waals surface area contributed by atoms with Crippen LogP contribution in [-0.2, 0) is 0 Å². The Labute approximate surface area is 235 Å². The van der Waals surface area contributed by atoms with Crippen molar-refractivity contribution in [3.63, 3.8) is 0 Å². The van der Waals surface area contributed by atoms with Gasteiger partial charge in [-0.15, -0.1) is 0 Å². The van der Waals surface area contributed by atoms with Crippen molar-refractivity contribution < 1.29 is 14.3 Å². The summed E-state index contributed by atoms with van der Waals surface area (Å²) < 4.78 is 6.54. The zero-order valence-corrected chi connectivity index (χ0v) is 23.8. The number of piperidine rings is 1. The van der Waals surface area contributed by atoms with Crippen LogP contribution in [0.2, 0.25) is 0 Å². The van der Waals surface area contributed by atoms with Gasteiger partial charge in [-0.1, -0.05) is 18.2 Å². The monoisotopic (exact) mass is 539 g/mol. The maximum Gasteiger partial charge on any atom is 0.337 e. The normalized spacial score (nSPS) is 16.4. The smallest absolute Gasteiger partial charge is 0.337 e. The van der Waals surface area contributed by atoms with Crippen molar-refractivity contribution in [3.8, 4) is 11.3 Å². The molecule has 1 aliphatic heterocycles. The molecule has 1 saturated heterocycles. The third kappa shape index (κ3) is 5.34. The number of aromatic carboxylic acids is 1. The number of carboxylic acid groups (broad SMARTS) is 1. The fourth-order valence-corrected chi connectivity index (χ4v) is 5.71. The van der Waals surface area contributed by atoms with E-state index in [1.54, 1.807) is 24.3 Å². The molecule has 5 rings (SSSR count). The highest BCUT2D eigenvalue weighted by Gasteiger charge is 2.23. The highest BCUT2D eigenvalue weighted by molar-refractivity contribution is 5.94. The number of rotatable bonds is 7. The van der Waals surface area contributed by atoms with Gasteiger partial charge >= 0.3 is 5.97 Å². The molecular formula is C33H37N3O4. The summed E-state index contributed by atoms with van der Waals surface area (Å²) in [5.41, 5.74) is 5.47. The van der Waals surface area contributed by atoms with Gasteiger partial charge < -0.3 is 24.6 Å². The van der Waals surface area contributed by atoms with Crippen molar-refractivity contribution in [1.29, 1.82) is 0 Å².